The lowest BCUT2D eigenvalue weighted by atomic mass is 9.87. The summed E-state index contributed by atoms with van der Waals surface area (Å²) in [6, 6.07) is 1.84. The summed E-state index contributed by atoms with van der Waals surface area (Å²) in [6.45, 7) is 4.34. The molecule has 1 aliphatic carbocycles. The van der Waals surface area contributed by atoms with Crippen molar-refractivity contribution < 1.29 is 28.6 Å². The molecule has 2 aliphatic rings. The summed E-state index contributed by atoms with van der Waals surface area (Å²) < 4.78 is 18.0. The van der Waals surface area contributed by atoms with Crippen LogP contribution in [0.1, 0.15) is 75.5 Å². The Morgan fingerprint density at radius 1 is 1.09 bits per heavy atom. The van der Waals surface area contributed by atoms with Gasteiger partial charge in [-0.2, -0.15) is 0 Å². The van der Waals surface area contributed by atoms with E-state index in [1.165, 1.54) is 0 Å². The van der Waals surface area contributed by atoms with Crippen molar-refractivity contribution in [3.05, 3.63) is 33.2 Å². The van der Waals surface area contributed by atoms with E-state index < -0.39 is 5.97 Å². The molecule has 1 aliphatic heterocycles. The van der Waals surface area contributed by atoms with Gasteiger partial charge in [-0.3, -0.25) is 9.59 Å². The van der Waals surface area contributed by atoms with E-state index in [0.29, 0.717) is 48.5 Å². The molecule has 2 heterocycles. The van der Waals surface area contributed by atoms with Crippen LogP contribution in [0.2, 0.25) is 0 Å². The number of benzene rings is 1. The molecular weight excluding hydrogens is 438 g/mol. The van der Waals surface area contributed by atoms with Crippen molar-refractivity contribution >= 4 is 22.8 Å². The molecule has 34 heavy (non-hydrogen) atoms. The summed E-state index contributed by atoms with van der Waals surface area (Å²) in [5.74, 6) is 0.0816. The molecule has 8 heteroatoms. The van der Waals surface area contributed by atoms with Crippen LogP contribution < -0.4 is 20.4 Å². The zero-order valence-electron chi connectivity index (χ0n) is 20.0. The fourth-order valence-corrected chi connectivity index (χ4v) is 4.83. The molecule has 2 N–H and O–H groups in total. The summed E-state index contributed by atoms with van der Waals surface area (Å²) in [7, 11) is 0. The van der Waals surface area contributed by atoms with Crippen LogP contribution in [0.25, 0.3) is 11.0 Å². The van der Waals surface area contributed by atoms with Gasteiger partial charge in [0.1, 0.15) is 22.7 Å². The second kappa shape index (κ2) is 10.1. The van der Waals surface area contributed by atoms with Crippen LogP contribution >= 0.6 is 0 Å². The smallest absolute Gasteiger partial charge is 0.339 e. The number of hydrogen-bond donors (Lipinski definition) is 2. The number of carboxylic acid groups (broad SMARTS) is 1. The number of amides is 1. The van der Waals surface area contributed by atoms with E-state index in [2.05, 4.69) is 5.32 Å². The standard InChI is InChI=1S/C26H33NO7/c1-26(2)12-11-18-19(34-26)14-20(32-15-21(28)27-13-7-3-4-10-22(29)30)23-16-8-5-6-9-17(16)25(31)33-24(18)23/h14H,3-13,15H2,1-2H3,(H,27,28)(H,29,30). The topological polar surface area (TPSA) is 115 Å². The highest BCUT2D eigenvalue weighted by Crippen LogP contribution is 2.44. The van der Waals surface area contributed by atoms with Gasteiger partial charge in [0.05, 0.1) is 5.39 Å². The molecule has 0 unspecified atom stereocenters. The number of aliphatic carboxylic acids is 1. The maximum absolute atomic E-state index is 12.8. The fourth-order valence-electron chi connectivity index (χ4n) is 4.83. The number of rotatable bonds is 9. The molecule has 1 aromatic heterocycles. The molecule has 0 radical (unpaired) electrons. The first-order chi connectivity index (χ1) is 16.2. The van der Waals surface area contributed by atoms with Crippen molar-refractivity contribution in [1.82, 2.24) is 5.32 Å². The Bertz CT molecular complexity index is 1150. The number of aryl methyl sites for hydroxylation is 2. The van der Waals surface area contributed by atoms with Gasteiger partial charge in [0, 0.05) is 30.2 Å². The molecule has 0 atom stereocenters. The maximum Gasteiger partial charge on any atom is 0.339 e. The van der Waals surface area contributed by atoms with E-state index in [9.17, 15) is 14.4 Å². The average molecular weight is 472 g/mol. The van der Waals surface area contributed by atoms with Gasteiger partial charge in [0.15, 0.2) is 6.61 Å². The number of carbonyl (C=O) groups is 2. The highest BCUT2D eigenvalue weighted by Gasteiger charge is 2.32. The van der Waals surface area contributed by atoms with E-state index >= 15 is 0 Å². The largest absolute Gasteiger partial charge is 0.487 e. The Hall–Kier alpha value is -3.03. The zero-order chi connectivity index (χ0) is 24.3. The van der Waals surface area contributed by atoms with E-state index in [4.69, 9.17) is 19.0 Å². The minimum absolute atomic E-state index is 0.141. The molecule has 0 bridgehead atoms. The van der Waals surface area contributed by atoms with Gasteiger partial charge in [0.2, 0.25) is 0 Å². The van der Waals surface area contributed by atoms with Crippen molar-refractivity contribution in [2.24, 2.45) is 0 Å². The van der Waals surface area contributed by atoms with Crippen molar-refractivity contribution in [3.63, 3.8) is 0 Å². The van der Waals surface area contributed by atoms with Gasteiger partial charge in [-0.25, -0.2) is 4.79 Å². The summed E-state index contributed by atoms with van der Waals surface area (Å²) in [6.07, 6.45) is 7.15. The van der Waals surface area contributed by atoms with Crippen molar-refractivity contribution in [2.75, 3.05) is 13.2 Å². The normalized spacial score (nSPS) is 16.3. The van der Waals surface area contributed by atoms with Gasteiger partial charge < -0.3 is 24.3 Å². The Kier molecular flexibility index (Phi) is 7.14. The minimum Gasteiger partial charge on any atom is -0.487 e. The van der Waals surface area contributed by atoms with Crippen LogP contribution in [0.15, 0.2) is 15.3 Å². The van der Waals surface area contributed by atoms with Gasteiger partial charge in [-0.05, 0) is 70.8 Å². The second-order valence-electron chi connectivity index (χ2n) is 9.81. The molecule has 1 amide bonds. The van der Waals surface area contributed by atoms with Gasteiger partial charge in [-0.1, -0.05) is 6.42 Å². The summed E-state index contributed by atoms with van der Waals surface area (Å²) in [4.78, 5) is 35.7. The summed E-state index contributed by atoms with van der Waals surface area (Å²) in [5, 5.41) is 12.3. The Balaban J connectivity index is 1.55. The number of fused-ring (bicyclic) bond motifs is 5. The predicted molar refractivity (Wildman–Crippen MR) is 127 cm³/mol. The quantitative estimate of drug-likeness (QED) is 0.421. The number of nitrogens with one attached hydrogen (secondary N) is 1. The highest BCUT2D eigenvalue weighted by molar-refractivity contribution is 5.92. The molecule has 2 aromatic rings. The van der Waals surface area contributed by atoms with Crippen LogP contribution in [-0.2, 0) is 28.9 Å². The number of carboxylic acids is 1. The van der Waals surface area contributed by atoms with E-state index in [0.717, 1.165) is 55.0 Å². The van der Waals surface area contributed by atoms with E-state index in [1.54, 1.807) is 0 Å². The third-order valence-corrected chi connectivity index (χ3v) is 6.63. The predicted octanol–water partition coefficient (Wildman–Crippen LogP) is 3.92. The summed E-state index contributed by atoms with van der Waals surface area (Å²) in [5.41, 5.74) is 2.47. The van der Waals surface area contributed by atoms with Crippen LogP contribution in [0, 0.1) is 0 Å². The third kappa shape index (κ3) is 5.37. The first-order valence-electron chi connectivity index (χ1n) is 12.2. The average Bonchev–Trinajstić information content (AvgIpc) is 2.78. The highest BCUT2D eigenvalue weighted by atomic mass is 16.5. The molecule has 1 aromatic carbocycles. The molecule has 0 saturated carbocycles. The first-order valence-corrected chi connectivity index (χ1v) is 12.2. The fraction of sp³-hybridized carbons (Fsp3) is 0.577. The van der Waals surface area contributed by atoms with E-state index in [1.807, 2.05) is 19.9 Å². The summed E-state index contributed by atoms with van der Waals surface area (Å²) >= 11 is 0. The minimum atomic E-state index is -0.805. The number of hydrogen-bond acceptors (Lipinski definition) is 6. The zero-order valence-corrected chi connectivity index (χ0v) is 20.0. The van der Waals surface area contributed by atoms with Crippen LogP contribution in [-0.4, -0.2) is 35.7 Å². The monoisotopic (exact) mass is 471 g/mol. The lowest BCUT2D eigenvalue weighted by Gasteiger charge is -2.33. The second-order valence-corrected chi connectivity index (χ2v) is 9.81. The van der Waals surface area contributed by atoms with Gasteiger partial charge >= 0.3 is 11.6 Å². The van der Waals surface area contributed by atoms with Crippen molar-refractivity contribution in [3.8, 4) is 11.5 Å². The number of ether oxygens (including phenoxy) is 2. The molecule has 4 rings (SSSR count). The SMILES string of the molecule is CC1(C)CCc2c(cc(OCC(=O)NCCCCCC(=O)O)c3c4c(c(=O)oc23)CCCC4)O1. The number of carbonyl (C=O) groups excluding carboxylic acids is 1. The maximum atomic E-state index is 12.8. The lowest BCUT2D eigenvalue weighted by molar-refractivity contribution is -0.137. The van der Waals surface area contributed by atoms with Crippen LogP contribution in [0.4, 0.5) is 0 Å². The number of unbranched alkanes of at least 4 members (excludes halogenated alkanes) is 2. The molecule has 0 saturated heterocycles. The Labute approximate surface area is 198 Å². The van der Waals surface area contributed by atoms with E-state index in [-0.39, 0.29) is 30.2 Å². The lowest BCUT2D eigenvalue weighted by Crippen LogP contribution is -2.33. The molecule has 0 fully saturated rings. The van der Waals surface area contributed by atoms with Gasteiger partial charge in [0.25, 0.3) is 5.91 Å². The first kappa shape index (κ1) is 24.1. The van der Waals surface area contributed by atoms with Crippen LogP contribution in [0.5, 0.6) is 11.5 Å². The molecule has 0 spiro atoms. The molecule has 8 nitrogen and oxygen atoms in total. The van der Waals surface area contributed by atoms with Crippen molar-refractivity contribution in [1.29, 1.82) is 0 Å². The molecular formula is C26H33NO7. The van der Waals surface area contributed by atoms with Crippen molar-refractivity contribution in [2.45, 2.75) is 83.7 Å². The van der Waals surface area contributed by atoms with Gasteiger partial charge in [-0.15, -0.1) is 0 Å². The molecule has 184 valence electrons. The Morgan fingerprint density at radius 2 is 1.85 bits per heavy atom. The van der Waals surface area contributed by atoms with Crippen LogP contribution in [0.3, 0.4) is 0 Å². The Morgan fingerprint density at radius 3 is 2.62 bits per heavy atom. The third-order valence-electron chi connectivity index (χ3n) is 6.63.